The van der Waals surface area contributed by atoms with Crippen molar-refractivity contribution in [3.63, 3.8) is 0 Å². The second-order valence-corrected chi connectivity index (χ2v) is 10.1. The first-order valence-corrected chi connectivity index (χ1v) is 12.4. The van der Waals surface area contributed by atoms with E-state index in [2.05, 4.69) is 10.3 Å². The van der Waals surface area contributed by atoms with Crippen LogP contribution < -0.4 is 5.32 Å². The van der Waals surface area contributed by atoms with Crippen LogP contribution in [0.25, 0.3) is 11.5 Å². The Morgan fingerprint density at radius 3 is 2.29 bits per heavy atom. The van der Waals surface area contributed by atoms with Gasteiger partial charge in [0.05, 0.1) is 10.6 Å². The van der Waals surface area contributed by atoms with E-state index in [1.807, 2.05) is 6.92 Å². The molecular formula is C26H22F2N2O4S. The highest BCUT2D eigenvalue weighted by Gasteiger charge is 2.21. The van der Waals surface area contributed by atoms with Crippen molar-refractivity contribution in [3.8, 4) is 11.5 Å². The largest absolute Gasteiger partial charge is 0.441 e. The van der Waals surface area contributed by atoms with Crippen LogP contribution in [0.15, 0.2) is 76.0 Å². The molecule has 4 aromatic rings. The predicted octanol–water partition coefficient (Wildman–Crippen LogP) is 5.14. The zero-order chi connectivity index (χ0) is 25.2. The lowest BCUT2D eigenvalue weighted by Gasteiger charge is -2.06. The number of sulfone groups is 1. The molecule has 0 aliphatic heterocycles. The summed E-state index contributed by atoms with van der Waals surface area (Å²) in [5, 5.41) is 2.65. The molecule has 0 aliphatic rings. The van der Waals surface area contributed by atoms with Gasteiger partial charge in [-0.2, -0.15) is 0 Å². The van der Waals surface area contributed by atoms with Gasteiger partial charge in [-0.1, -0.05) is 23.8 Å². The van der Waals surface area contributed by atoms with Crippen molar-refractivity contribution >= 4 is 15.7 Å². The van der Waals surface area contributed by atoms with Crippen molar-refractivity contribution in [2.24, 2.45) is 0 Å². The van der Waals surface area contributed by atoms with Gasteiger partial charge >= 0.3 is 0 Å². The Hall–Kier alpha value is -3.85. The number of aryl methyl sites for hydroxylation is 2. The van der Waals surface area contributed by atoms with Gasteiger partial charge in [-0.3, -0.25) is 4.79 Å². The molecule has 1 N–H and O–H groups in total. The van der Waals surface area contributed by atoms with E-state index in [0.717, 1.165) is 17.7 Å². The molecule has 0 saturated carbocycles. The molecule has 4 rings (SSSR count). The van der Waals surface area contributed by atoms with Gasteiger partial charge in [0, 0.05) is 17.7 Å². The van der Waals surface area contributed by atoms with Gasteiger partial charge in [0.1, 0.15) is 11.5 Å². The Morgan fingerprint density at radius 2 is 1.63 bits per heavy atom. The smallest absolute Gasteiger partial charge is 0.251 e. The normalized spacial score (nSPS) is 11.4. The van der Waals surface area contributed by atoms with Gasteiger partial charge in [0.15, 0.2) is 21.5 Å². The van der Waals surface area contributed by atoms with Crippen LogP contribution in [0.1, 0.15) is 32.9 Å². The van der Waals surface area contributed by atoms with Crippen molar-refractivity contribution in [2.75, 3.05) is 0 Å². The minimum Gasteiger partial charge on any atom is -0.441 e. The number of amides is 1. The second-order valence-electron chi connectivity index (χ2n) is 8.10. The first kappa shape index (κ1) is 24.3. The molecule has 0 aliphatic carbocycles. The molecule has 0 unspecified atom stereocenters. The van der Waals surface area contributed by atoms with Crippen LogP contribution in [0.5, 0.6) is 0 Å². The minimum atomic E-state index is -3.59. The topological polar surface area (TPSA) is 89.3 Å². The number of benzene rings is 3. The summed E-state index contributed by atoms with van der Waals surface area (Å²) in [5.74, 6) is -1.98. The number of oxazole rings is 1. The highest BCUT2D eigenvalue weighted by atomic mass is 32.2. The lowest BCUT2D eigenvalue weighted by atomic mass is 10.1. The molecule has 0 fully saturated rings. The van der Waals surface area contributed by atoms with Gasteiger partial charge in [-0.15, -0.1) is 0 Å². The third kappa shape index (κ3) is 5.63. The summed E-state index contributed by atoms with van der Waals surface area (Å²) in [4.78, 5) is 17.0. The number of rotatable bonds is 7. The Bertz CT molecular complexity index is 1480. The van der Waals surface area contributed by atoms with Crippen molar-refractivity contribution in [1.29, 1.82) is 0 Å². The molecule has 3 aromatic carbocycles. The van der Waals surface area contributed by atoms with E-state index < -0.39 is 27.4 Å². The van der Waals surface area contributed by atoms with Crippen LogP contribution >= 0.6 is 0 Å². The van der Waals surface area contributed by atoms with Crippen molar-refractivity contribution in [2.45, 2.75) is 31.0 Å². The summed E-state index contributed by atoms with van der Waals surface area (Å²) in [6, 6.07) is 16.4. The van der Waals surface area contributed by atoms with Crippen LogP contribution in [0, 0.1) is 25.5 Å². The van der Waals surface area contributed by atoms with Gasteiger partial charge in [0.2, 0.25) is 5.89 Å². The fourth-order valence-corrected chi connectivity index (χ4v) is 4.74. The molecular weight excluding hydrogens is 474 g/mol. The molecule has 180 valence electrons. The highest BCUT2D eigenvalue weighted by Crippen LogP contribution is 2.25. The van der Waals surface area contributed by atoms with Crippen molar-refractivity contribution in [3.05, 3.63) is 107 Å². The third-order valence-corrected chi connectivity index (χ3v) is 7.07. The van der Waals surface area contributed by atoms with Crippen molar-refractivity contribution in [1.82, 2.24) is 10.3 Å². The van der Waals surface area contributed by atoms with E-state index in [1.165, 1.54) is 6.07 Å². The van der Waals surface area contributed by atoms with E-state index in [1.54, 1.807) is 55.5 Å². The minimum absolute atomic E-state index is 0.0372. The van der Waals surface area contributed by atoms with E-state index >= 15 is 0 Å². The van der Waals surface area contributed by atoms with Gasteiger partial charge in [-0.05, 0) is 67.9 Å². The molecule has 35 heavy (non-hydrogen) atoms. The van der Waals surface area contributed by atoms with Gasteiger partial charge < -0.3 is 9.73 Å². The van der Waals surface area contributed by atoms with Crippen LogP contribution in [0.2, 0.25) is 0 Å². The van der Waals surface area contributed by atoms with E-state index in [4.69, 9.17) is 4.42 Å². The zero-order valence-electron chi connectivity index (χ0n) is 19.0. The molecule has 1 amide bonds. The Morgan fingerprint density at radius 1 is 0.943 bits per heavy atom. The summed E-state index contributed by atoms with van der Waals surface area (Å²) in [6.07, 6.45) is 0. The van der Waals surface area contributed by atoms with E-state index in [-0.39, 0.29) is 23.1 Å². The number of hydrogen-bond donors (Lipinski definition) is 1. The lowest BCUT2D eigenvalue weighted by Crippen LogP contribution is -2.22. The molecule has 6 nitrogen and oxygen atoms in total. The Kier molecular flexibility index (Phi) is 6.79. The maximum Gasteiger partial charge on any atom is 0.251 e. The summed E-state index contributed by atoms with van der Waals surface area (Å²) in [7, 11) is -3.59. The Balaban J connectivity index is 1.44. The molecule has 1 heterocycles. The summed E-state index contributed by atoms with van der Waals surface area (Å²) >= 11 is 0. The lowest BCUT2D eigenvalue weighted by molar-refractivity contribution is 0.0951. The standard InChI is InChI=1S/C26H22F2N2O4S/c1-16-3-10-21(11-4-16)35(32,33)15-24-17(2)34-26(30-24)20-8-6-19(7-9-20)25(31)29-14-18-5-12-22(27)23(28)13-18/h3-13H,14-15H2,1-2H3,(H,29,31). The van der Waals surface area contributed by atoms with Crippen molar-refractivity contribution < 1.29 is 26.4 Å². The maximum absolute atomic E-state index is 13.3. The monoisotopic (exact) mass is 496 g/mol. The Labute approximate surface area is 201 Å². The SMILES string of the molecule is Cc1ccc(S(=O)(=O)Cc2nc(-c3ccc(C(=O)NCc4ccc(F)c(F)c4)cc3)oc2C)cc1. The number of aromatic nitrogens is 1. The summed E-state index contributed by atoms with van der Waals surface area (Å²) in [5.41, 5.74) is 2.63. The third-order valence-electron chi connectivity index (χ3n) is 5.43. The van der Waals surface area contributed by atoms with E-state index in [9.17, 15) is 22.0 Å². The molecule has 0 atom stereocenters. The summed E-state index contributed by atoms with van der Waals surface area (Å²) in [6.45, 7) is 3.57. The summed E-state index contributed by atoms with van der Waals surface area (Å²) < 4.78 is 57.6. The zero-order valence-corrected chi connectivity index (χ0v) is 19.8. The number of carbonyl (C=O) groups excluding carboxylic acids is 1. The maximum atomic E-state index is 13.3. The number of hydrogen-bond acceptors (Lipinski definition) is 5. The number of nitrogens with zero attached hydrogens (tertiary/aromatic N) is 1. The van der Waals surface area contributed by atoms with Gasteiger partial charge in [0.25, 0.3) is 5.91 Å². The average Bonchev–Trinajstić information content (AvgIpc) is 3.19. The van der Waals surface area contributed by atoms with E-state index in [0.29, 0.717) is 28.1 Å². The van der Waals surface area contributed by atoms with Crippen LogP contribution in [0.4, 0.5) is 8.78 Å². The van der Waals surface area contributed by atoms with Gasteiger partial charge in [-0.25, -0.2) is 22.2 Å². The van der Waals surface area contributed by atoms with Crippen LogP contribution in [-0.4, -0.2) is 19.3 Å². The fourth-order valence-electron chi connectivity index (χ4n) is 3.39. The molecule has 9 heteroatoms. The fraction of sp³-hybridized carbons (Fsp3) is 0.154. The first-order chi connectivity index (χ1) is 16.6. The number of halogens is 2. The quantitative estimate of drug-likeness (QED) is 0.383. The molecule has 0 radical (unpaired) electrons. The average molecular weight is 497 g/mol. The molecule has 1 aromatic heterocycles. The number of carbonyl (C=O) groups is 1. The molecule has 0 spiro atoms. The molecule has 0 saturated heterocycles. The molecule has 0 bridgehead atoms. The van der Waals surface area contributed by atoms with Crippen LogP contribution in [-0.2, 0) is 22.1 Å². The predicted molar refractivity (Wildman–Crippen MR) is 126 cm³/mol. The number of nitrogens with one attached hydrogen (secondary N) is 1. The highest BCUT2D eigenvalue weighted by molar-refractivity contribution is 7.90. The first-order valence-electron chi connectivity index (χ1n) is 10.7. The van der Waals surface area contributed by atoms with Crippen LogP contribution in [0.3, 0.4) is 0 Å². The second kappa shape index (κ2) is 9.79.